The van der Waals surface area contributed by atoms with Gasteiger partial charge in [-0.1, -0.05) is 7.43 Å². The molecule has 0 aliphatic heterocycles. The molecule has 1 aromatic heterocycles. The van der Waals surface area contributed by atoms with Crippen LogP contribution in [0.1, 0.15) is 32.6 Å². The highest BCUT2D eigenvalue weighted by Gasteiger charge is 2.17. The van der Waals surface area contributed by atoms with Gasteiger partial charge in [0.1, 0.15) is 45.9 Å². The first kappa shape index (κ1) is 36.6. The van der Waals surface area contributed by atoms with Gasteiger partial charge in [-0.25, -0.2) is 9.59 Å². The highest BCUT2D eigenvalue weighted by molar-refractivity contribution is 7.99. The van der Waals surface area contributed by atoms with E-state index in [1.807, 2.05) is 18.6 Å². The smallest absolute Gasteiger partial charge is 0.347 e. The van der Waals surface area contributed by atoms with Crippen LogP contribution in [0.4, 0.5) is 0 Å². The molecule has 8 nitrogen and oxygen atoms in total. The summed E-state index contributed by atoms with van der Waals surface area (Å²) in [7, 11) is 3.12. The van der Waals surface area contributed by atoms with Crippen molar-refractivity contribution < 1.29 is 33.4 Å². The summed E-state index contributed by atoms with van der Waals surface area (Å²) in [5, 5.41) is 9.16. The van der Waals surface area contributed by atoms with E-state index in [4.69, 9.17) is 25.5 Å². The van der Waals surface area contributed by atoms with Gasteiger partial charge >= 0.3 is 5.63 Å². The van der Waals surface area contributed by atoms with Gasteiger partial charge in [-0.2, -0.15) is 0 Å². The zero-order chi connectivity index (χ0) is 29.7. The molecule has 1 N–H and O–H groups in total. The molecule has 0 radical (unpaired) electrons. The molecule has 0 atom stereocenters. The average molecular weight is 609 g/mol. The third-order valence-electron chi connectivity index (χ3n) is 4.71. The SMILES string of the molecule is C.CC(C)=O.COc1ccc(-c2c(O)cc(C)oc2=O)c(SC)c1.COc1ccc(C(=C=O)C(=O)Cl)c(SC)c1. The van der Waals surface area contributed by atoms with E-state index >= 15 is 0 Å². The monoisotopic (exact) mass is 608 g/mol. The minimum atomic E-state index is -0.810. The summed E-state index contributed by atoms with van der Waals surface area (Å²) in [5.74, 6) is 3.38. The van der Waals surface area contributed by atoms with Gasteiger partial charge in [0.15, 0.2) is 0 Å². The molecule has 0 spiro atoms. The highest BCUT2D eigenvalue weighted by Crippen LogP contribution is 2.36. The number of ketones is 1. The predicted octanol–water partition coefficient (Wildman–Crippen LogP) is 6.68. The second-order valence-corrected chi connectivity index (χ2v) is 9.74. The van der Waals surface area contributed by atoms with Gasteiger partial charge < -0.3 is 23.8 Å². The van der Waals surface area contributed by atoms with E-state index in [0.717, 1.165) is 9.79 Å². The van der Waals surface area contributed by atoms with Gasteiger partial charge in [-0.05, 0) is 81.3 Å². The molecular weight excluding hydrogens is 576 g/mol. The van der Waals surface area contributed by atoms with Crippen LogP contribution in [-0.2, 0) is 14.4 Å². The minimum absolute atomic E-state index is 0. The number of rotatable bonds is 7. The standard InChI is InChI=1S/C14H14O4S.C11H9ClO3S.C3H6O.CH4/c1-8-6-11(15)13(14(16)18-8)10-5-4-9(17-2)7-12(10)19-3;1-15-7-3-4-8(10(5-7)16-2)9(6-13)11(12)14;1-3(2)4;/h4-7,15H,1-3H3;3-5H,1-2H3;1-2H3;1H4. The molecule has 3 aromatic rings. The average Bonchev–Trinajstić information content (AvgIpc) is 2.88. The maximum Gasteiger partial charge on any atom is 0.347 e. The van der Waals surface area contributed by atoms with Crippen molar-refractivity contribution in [1.29, 1.82) is 0 Å². The van der Waals surface area contributed by atoms with Crippen LogP contribution in [0.2, 0.25) is 0 Å². The zero-order valence-electron chi connectivity index (χ0n) is 22.5. The molecular formula is C29H33ClO8S2. The topological polar surface area (TPSA) is 120 Å². The van der Waals surface area contributed by atoms with Crippen LogP contribution in [0.25, 0.3) is 16.7 Å². The quantitative estimate of drug-likeness (QED) is 0.134. The Morgan fingerprint density at radius 2 is 1.45 bits per heavy atom. The van der Waals surface area contributed by atoms with Crippen LogP contribution in [0.15, 0.2) is 61.5 Å². The van der Waals surface area contributed by atoms with E-state index in [1.54, 1.807) is 57.4 Å². The van der Waals surface area contributed by atoms with Crippen LogP contribution >= 0.6 is 35.1 Å². The predicted molar refractivity (Wildman–Crippen MR) is 163 cm³/mol. The number of hydrogen-bond acceptors (Lipinski definition) is 10. The summed E-state index contributed by atoms with van der Waals surface area (Å²) in [6.07, 6.45) is 3.73. The third kappa shape index (κ3) is 10.6. The number of carbonyl (C=O) groups is 2. The molecule has 0 saturated carbocycles. The Balaban J connectivity index is 0.000000664. The van der Waals surface area contributed by atoms with E-state index in [9.17, 15) is 24.3 Å². The molecule has 0 aliphatic rings. The number of hydrogen-bond donors (Lipinski definition) is 1. The van der Waals surface area contributed by atoms with Crippen molar-refractivity contribution in [1.82, 2.24) is 0 Å². The molecule has 40 heavy (non-hydrogen) atoms. The number of carbonyl (C=O) groups excluding carboxylic acids is 3. The fourth-order valence-corrected chi connectivity index (χ4v) is 4.44. The third-order valence-corrected chi connectivity index (χ3v) is 6.45. The molecule has 0 amide bonds. The molecule has 0 unspecified atom stereocenters. The van der Waals surface area contributed by atoms with Crippen LogP contribution in [0, 0.1) is 6.92 Å². The molecule has 0 aliphatic carbocycles. The first-order valence-corrected chi connectivity index (χ1v) is 14.0. The van der Waals surface area contributed by atoms with E-state index < -0.39 is 10.9 Å². The number of aryl methyl sites for hydroxylation is 1. The van der Waals surface area contributed by atoms with Crippen molar-refractivity contribution in [2.24, 2.45) is 0 Å². The lowest BCUT2D eigenvalue weighted by Crippen LogP contribution is -2.04. The van der Waals surface area contributed by atoms with Crippen LogP contribution in [-0.4, -0.2) is 48.8 Å². The van der Waals surface area contributed by atoms with E-state index in [2.05, 4.69) is 0 Å². The Kier molecular flexibility index (Phi) is 16.5. The number of benzene rings is 2. The van der Waals surface area contributed by atoms with Crippen molar-refractivity contribution in [2.45, 2.75) is 38.0 Å². The van der Waals surface area contributed by atoms with Gasteiger partial charge in [-0.15, -0.1) is 23.5 Å². The number of thioether (sulfide) groups is 2. The molecule has 0 fully saturated rings. The van der Waals surface area contributed by atoms with Crippen molar-refractivity contribution in [3.63, 3.8) is 0 Å². The molecule has 2 aromatic carbocycles. The first-order chi connectivity index (χ1) is 18.4. The van der Waals surface area contributed by atoms with Gasteiger partial charge in [0.2, 0.25) is 0 Å². The van der Waals surface area contributed by atoms with Crippen LogP contribution < -0.4 is 15.1 Å². The Morgan fingerprint density at radius 3 is 1.88 bits per heavy atom. The number of allylic oxidation sites excluding steroid dienone is 1. The van der Waals surface area contributed by atoms with Crippen molar-refractivity contribution in [3.05, 3.63) is 64.2 Å². The van der Waals surface area contributed by atoms with Crippen LogP contribution in [0.3, 0.4) is 0 Å². The number of ether oxygens (including phenoxy) is 2. The van der Waals surface area contributed by atoms with Crippen molar-refractivity contribution in [2.75, 3.05) is 26.7 Å². The largest absolute Gasteiger partial charge is 0.507 e. The number of aromatic hydroxyl groups is 1. The number of halogens is 1. The summed E-state index contributed by atoms with van der Waals surface area (Å²) >= 11 is 8.17. The van der Waals surface area contributed by atoms with E-state index in [1.165, 1.54) is 43.4 Å². The van der Waals surface area contributed by atoms with E-state index in [-0.39, 0.29) is 30.1 Å². The lowest BCUT2D eigenvalue weighted by atomic mass is 10.1. The summed E-state index contributed by atoms with van der Waals surface area (Å²) in [6.45, 7) is 4.68. The molecule has 3 rings (SSSR count). The molecule has 11 heteroatoms. The maximum absolute atomic E-state index is 11.9. The first-order valence-electron chi connectivity index (χ1n) is 11.1. The molecule has 1 heterocycles. The van der Waals surface area contributed by atoms with Gasteiger partial charge in [0.05, 0.1) is 14.2 Å². The Labute approximate surface area is 247 Å². The lowest BCUT2D eigenvalue weighted by Gasteiger charge is -2.10. The number of Topliss-reactive ketones (excluding diaryl/α,β-unsaturated/α-hetero) is 1. The lowest BCUT2D eigenvalue weighted by molar-refractivity contribution is -0.115. The van der Waals surface area contributed by atoms with Gasteiger partial charge in [-0.3, -0.25) is 4.79 Å². The normalized spacial score (nSPS) is 9.40. The molecule has 0 saturated heterocycles. The summed E-state index contributed by atoms with van der Waals surface area (Å²) in [5.41, 5.74) is 0.590. The Bertz CT molecular complexity index is 1420. The van der Waals surface area contributed by atoms with E-state index in [0.29, 0.717) is 28.4 Å². The Hall–Kier alpha value is -3.43. The van der Waals surface area contributed by atoms with Gasteiger partial charge in [0.25, 0.3) is 5.24 Å². The second kappa shape index (κ2) is 18.0. The van der Waals surface area contributed by atoms with Crippen molar-refractivity contribution >= 4 is 57.7 Å². The fourth-order valence-electron chi connectivity index (χ4n) is 3.05. The summed E-state index contributed by atoms with van der Waals surface area (Å²) in [6, 6.07) is 11.7. The minimum Gasteiger partial charge on any atom is -0.507 e. The molecule has 216 valence electrons. The Morgan fingerprint density at radius 1 is 0.950 bits per heavy atom. The van der Waals surface area contributed by atoms with Gasteiger partial charge in [0, 0.05) is 27.0 Å². The van der Waals surface area contributed by atoms with Crippen molar-refractivity contribution in [3.8, 4) is 28.4 Å². The maximum atomic E-state index is 11.9. The fraction of sp³-hybridized carbons (Fsp3) is 0.276. The molecule has 0 bridgehead atoms. The second-order valence-electron chi connectivity index (χ2n) is 7.70. The zero-order valence-corrected chi connectivity index (χ0v) is 24.9. The van der Waals surface area contributed by atoms with Crippen LogP contribution in [0.5, 0.6) is 17.2 Å². The summed E-state index contributed by atoms with van der Waals surface area (Å²) < 4.78 is 15.2. The number of methoxy groups -OCH3 is 2. The highest BCUT2D eigenvalue weighted by atomic mass is 35.5. The summed E-state index contributed by atoms with van der Waals surface area (Å²) in [4.78, 5) is 44.6.